The Hall–Kier alpha value is -1.73. The number of hydrogen-bond donors (Lipinski definition) is 1. The number of likely N-dealkylation sites (tertiary alicyclic amines) is 1. The maximum atomic E-state index is 12.1. The summed E-state index contributed by atoms with van der Waals surface area (Å²) in [5, 5.41) is 8.96. The number of aryl methyl sites for hydroxylation is 2. The van der Waals surface area contributed by atoms with E-state index in [9.17, 15) is 4.79 Å². The lowest BCUT2D eigenvalue weighted by molar-refractivity contribution is -0.121. The number of amides is 1. The summed E-state index contributed by atoms with van der Waals surface area (Å²) in [6, 6.07) is 4.55. The van der Waals surface area contributed by atoms with E-state index in [1.807, 2.05) is 0 Å². The van der Waals surface area contributed by atoms with Crippen LogP contribution in [0.3, 0.4) is 0 Å². The first-order valence-electron chi connectivity index (χ1n) is 8.56. The minimum absolute atomic E-state index is 0.0898. The molecule has 2 aromatic heterocycles. The average Bonchev–Trinajstić information content (AvgIpc) is 3.30. The minimum atomic E-state index is 0.0898. The van der Waals surface area contributed by atoms with Gasteiger partial charge in [-0.05, 0) is 50.7 Å². The average molecular weight is 348 g/mol. The van der Waals surface area contributed by atoms with E-state index in [1.54, 1.807) is 18.3 Å². The molecule has 0 aromatic carbocycles. The van der Waals surface area contributed by atoms with Gasteiger partial charge in [-0.15, -0.1) is 11.3 Å². The Morgan fingerprint density at radius 1 is 1.46 bits per heavy atom. The van der Waals surface area contributed by atoms with Crippen LogP contribution in [0.5, 0.6) is 0 Å². The second kappa shape index (κ2) is 8.39. The van der Waals surface area contributed by atoms with Gasteiger partial charge in [-0.25, -0.2) is 0 Å². The van der Waals surface area contributed by atoms with Gasteiger partial charge in [0.2, 0.25) is 11.8 Å². The van der Waals surface area contributed by atoms with Crippen molar-refractivity contribution in [1.29, 1.82) is 0 Å². The molecule has 0 aliphatic carbocycles. The van der Waals surface area contributed by atoms with E-state index >= 15 is 0 Å². The third kappa shape index (κ3) is 4.64. The SMILES string of the molecule is Cc1noc(CCCC(=O)NC[C@H](c2cccs2)N2CCCC2)n1. The third-order valence-corrected chi connectivity index (χ3v) is 5.28. The predicted molar refractivity (Wildman–Crippen MR) is 92.8 cm³/mol. The molecule has 1 N–H and O–H groups in total. The fourth-order valence-electron chi connectivity index (χ4n) is 3.08. The van der Waals surface area contributed by atoms with E-state index in [0.29, 0.717) is 37.1 Å². The van der Waals surface area contributed by atoms with Crippen molar-refractivity contribution in [1.82, 2.24) is 20.4 Å². The molecule has 1 saturated heterocycles. The quantitative estimate of drug-likeness (QED) is 0.794. The summed E-state index contributed by atoms with van der Waals surface area (Å²) in [5.41, 5.74) is 0. The van der Waals surface area contributed by atoms with Crippen LogP contribution in [0.25, 0.3) is 0 Å². The van der Waals surface area contributed by atoms with E-state index in [2.05, 4.69) is 37.9 Å². The predicted octanol–water partition coefficient (Wildman–Crippen LogP) is 2.72. The first-order valence-corrected chi connectivity index (χ1v) is 9.43. The highest BCUT2D eigenvalue weighted by atomic mass is 32.1. The molecule has 0 radical (unpaired) electrons. The molecule has 0 saturated carbocycles. The minimum Gasteiger partial charge on any atom is -0.354 e. The molecule has 1 amide bonds. The molecule has 0 unspecified atom stereocenters. The van der Waals surface area contributed by atoms with E-state index in [-0.39, 0.29) is 5.91 Å². The number of nitrogens with one attached hydrogen (secondary N) is 1. The summed E-state index contributed by atoms with van der Waals surface area (Å²) >= 11 is 1.77. The summed E-state index contributed by atoms with van der Waals surface area (Å²) in [5.74, 6) is 1.33. The summed E-state index contributed by atoms with van der Waals surface area (Å²) in [4.78, 5) is 20.1. The van der Waals surface area contributed by atoms with Crippen molar-refractivity contribution < 1.29 is 9.32 Å². The first-order chi connectivity index (χ1) is 11.7. The van der Waals surface area contributed by atoms with Crippen molar-refractivity contribution in [3.8, 4) is 0 Å². The molecule has 1 atom stereocenters. The third-order valence-electron chi connectivity index (χ3n) is 4.31. The Kier molecular flexibility index (Phi) is 5.98. The molecule has 7 heteroatoms. The van der Waals surface area contributed by atoms with Crippen molar-refractivity contribution in [2.75, 3.05) is 19.6 Å². The van der Waals surface area contributed by atoms with Gasteiger partial charge in [-0.3, -0.25) is 9.69 Å². The number of aromatic nitrogens is 2. The molecule has 3 heterocycles. The second-order valence-electron chi connectivity index (χ2n) is 6.17. The highest BCUT2D eigenvalue weighted by Crippen LogP contribution is 2.27. The Labute approximate surface area is 146 Å². The van der Waals surface area contributed by atoms with Crippen molar-refractivity contribution in [2.45, 2.75) is 45.1 Å². The van der Waals surface area contributed by atoms with Crippen LogP contribution in [-0.4, -0.2) is 40.6 Å². The molecule has 3 rings (SSSR count). The van der Waals surface area contributed by atoms with Gasteiger partial charge in [0.25, 0.3) is 0 Å². The Bertz CT molecular complexity index is 635. The summed E-state index contributed by atoms with van der Waals surface area (Å²) in [6.45, 7) is 4.71. The first kappa shape index (κ1) is 17.1. The molecule has 24 heavy (non-hydrogen) atoms. The number of nitrogens with zero attached hydrogens (tertiary/aromatic N) is 3. The monoisotopic (exact) mass is 348 g/mol. The lowest BCUT2D eigenvalue weighted by atomic mass is 10.2. The van der Waals surface area contributed by atoms with Crippen LogP contribution in [0.1, 0.15) is 48.3 Å². The Balaban J connectivity index is 1.44. The summed E-state index contributed by atoms with van der Waals surface area (Å²) in [7, 11) is 0. The summed E-state index contributed by atoms with van der Waals surface area (Å²) in [6.07, 6.45) is 4.35. The zero-order valence-corrected chi connectivity index (χ0v) is 14.8. The standard InChI is InChI=1S/C17H24N4O2S/c1-13-19-17(23-20-13)8-4-7-16(22)18-12-14(15-6-5-11-24-15)21-9-2-3-10-21/h5-6,11,14H,2-4,7-10,12H2,1H3,(H,18,22)/t14-/m1/s1. The molecule has 0 spiro atoms. The van der Waals surface area contributed by atoms with Crippen molar-refractivity contribution in [3.63, 3.8) is 0 Å². The van der Waals surface area contributed by atoms with Gasteiger partial charge in [0, 0.05) is 24.3 Å². The second-order valence-corrected chi connectivity index (χ2v) is 7.15. The van der Waals surface area contributed by atoms with Gasteiger partial charge in [-0.1, -0.05) is 11.2 Å². The smallest absolute Gasteiger partial charge is 0.226 e. The highest BCUT2D eigenvalue weighted by molar-refractivity contribution is 7.10. The van der Waals surface area contributed by atoms with Gasteiger partial charge in [-0.2, -0.15) is 4.98 Å². The van der Waals surface area contributed by atoms with E-state index in [1.165, 1.54) is 17.7 Å². The fraction of sp³-hybridized carbons (Fsp3) is 0.588. The molecule has 130 valence electrons. The van der Waals surface area contributed by atoms with Gasteiger partial charge in [0.05, 0.1) is 6.04 Å². The van der Waals surface area contributed by atoms with E-state index in [0.717, 1.165) is 19.5 Å². The molecular formula is C17H24N4O2S. The van der Waals surface area contributed by atoms with Crippen LogP contribution in [0.15, 0.2) is 22.0 Å². The van der Waals surface area contributed by atoms with Gasteiger partial charge < -0.3 is 9.84 Å². The number of thiophene rings is 1. The van der Waals surface area contributed by atoms with Crippen LogP contribution in [0.2, 0.25) is 0 Å². The molecule has 1 aliphatic rings. The molecule has 2 aromatic rings. The topological polar surface area (TPSA) is 71.3 Å². The number of rotatable bonds is 8. The van der Waals surface area contributed by atoms with Crippen LogP contribution in [0.4, 0.5) is 0 Å². The Morgan fingerprint density at radius 3 is 2.96 bits per heavy atom. The molecule has 6 nitrogen and oxygen atoms in total. The highest BCUT2D eigenvalue weighted by Gasteiger charge is 2.24. The lowest BCUT2D eigenvalue weighted by Gasteiger charge is -2.26. The van der Waals surface area contributed by atoms with E-state index < -0.39 is 0 Å². The van der Waals surface area contributed by atoms with Gasteiger partial charge in [0.15, 0.2) is 5.82 Å². The lowest BCUT2D eigenvalue weighted by Crippen LogP contribution is -2.36. The molecule has 1 aliphatic heterocycles. The van der Waals surface area contributed by atoms with Crippen molar-refractivity contribution in [2.24, 2.45) is 0 Å². The van der Waals surface area contributed by atoms with Crippen LogP contribution in [-0.2, 0) is 11.2 Å². The van der Waals surface area contributed by atoms with Gasteiger partial charge >= 0.3 is 0 Å². The van der Waals surface area contributed by atoms with Gasteiger partial charge in [0.1, 0.15) is 0 Å². The fourth-order valence-corrected chi connectivity index (χ4v) is 3.95. The molecular weight excluding hydrogens is 324 g/mol. The zero-order chi connectivity index (χ0) is 16.8. The Morgan fingerprint density at radius 2 is 2.29 bits per heavy atom. The number of hydrogen-bond acceptors (Lipinski definition) is 6. The van der Waals surface area contributed by atoms with Crippen LogP contribution < -0.4 is 5.32 Å². The zero-order valence-electron chi connectivity index (χ0n) is 14.0. The van der Waals surface area contributed by atoms with E-state index in [4.69, 9.17) is 4.52 Å². The number of carbonyl (C=O) groups excluding carboxylic acids is 1. The largest absolute Gasteiger partial charge is 0.354 e. The van der Waals surface area contributed by atoms with Crippen molar-refractivity contribution >= 4 is 17.2 Å². The molecule has 0 bridgehead atoms. The summed E-state index contributed by atoms with van der Waals surface area (Å²) < 4.78 is 5.06. The number of carbonyl (C=O) groups is 1. The van der Waals surface area contributed by atoms with Crippen LogP contribution in [0, 0.1) is 6.92 Å². The normalized spacial score (nSPS) is 16.4. The van der Waals surface area contributed by atoms with Crippen LogP contribution >= 0.6 is 11.3 Å². The molecule has 1 fully saturated rings. The maximum absolute atomic E-state index is 12.1. The van der Waals surface area contributed by atoms with Crippen molar-refractivity contribution in [3.05, 3.63) is 34.1 Å². The maximum Gasteiger partial charge on any atom is 0.226 e.